The van der Waals surface area contributed by atoms with Crippen LogP contribution in [-0.2, 0) is 4.79 Å². The molecule has 0 aliphatic rings. The van der Waals surface area contributed by atoms with Gasteiger partial charge in [0.2, 0.25) is 5.91 Å². The highest BCUT2D eigenvalue weighted by atomic mass is 16.1. The first kappa shape index (κ1) is 17.4. The molecule has 0 aromatic carbocycles. The smallest absolute Gasteiger partial charge is 0.220 e. The Hall–Kier alpha value is -0.610. The molecule has 0 aliphatic carbocycles. The second kappa shape index (κ2) is 9.34. The van der Waals surface area contributed by atoms with E-state index in [-0.39, 0.29) is 11.9 Å². The van der Waals surface area contributed by atoms with Gasteiger partial charge >= 0.3 is 0 Å². The van der Waals surface area contributed by atoms with Gasteiger partial charge in [0.15, 0.2) is 0 Å². The molecule has 0 rings (SSSR count). The van der Waals surface area contributed by atoms with Crippen LogP contribution in [-0.4, -0.2) is 50.1 Å². The molecule has 0 aliphatic heterocycles. The van der Waals surface area contributed by atoms with Crippen molar-refractivity contribution in [1.82, 2.24) is 15.5 Å². The van der Waals surface area contributed by atoms with Gasteiger partial charge in [-0.15, -0.1) is 0 Å². The van der Waals surface area contributed by atoms with Crippen LogP contribution in [0.5, 0.6) is 0 Å². The average molecular weight is 257 g/mol. The van der Waals surface area contributed by atoms with E-state index in [4.69, 9.17) is 0 Å². The molecule has 108 valence electrons. The van der Waals surface area contributed by atoms with Gasteiger partial charge in [-0.25, -0.2) is 0 Å². The third-order valence-electron chi connectivity index (χ3n) is 2.85. The van der Waals surface area contributed by atoms with Crippen LogP contribution in [0.3, 0.4) is 0 Å². The summed E-state index contributed by atoms with van der Waals surface area (Å²) < 4.78 is 0. The minimum absolute atomic E-state index is 0.168. The van der Waals surface area contributed by atoms with Crippen LogP contribution in [0.4, 0.5) is 0 Å². The number of nitrogens with one attached hydrogen (secondary N) is 2. The van der Waals surface area contributed by atoms with Gasteiger partial charge in [-0.3, -0.25) is 4.79 Å². The van der Waals surface area contributed by atoms with Gasteiger partial charge in [0.1, 0.15) is 0 Å². The standard InChI is InChI=1S/C14H31N3O/c1-11(2)13(10-17(5)6)16-14(18)8-7-9-15-12(3)4/h11-13,15H,7-10H2,1-6H3,(H,16,18). The van der Waals surface area contributed by atoms with E-state index >= 15 is 0 Å². The summed E-state index contributed by atoms with van der Waals surface area (Å²) in [4.78, 5) is 13.9. The maximum Gasteiger partial charge on any atom is 0.220 e. The number of hydrogen-bond acceptors (Lipinski definition) is 3. The number of likely N-dealkylation sites (N-methyl/N-ethyl adjacent to an activating group) is 1. The summed E-state index contributed by atoms with van der Waals surface area (Å²) in [5.41, 5.74) is 0. The van der Waals surface area contributed by atoms with Gasteiger partial charge in [0.25, 0.3) is 0 Å². The van der Waals surface area contributed by atoms with E-state index in [9.17, 15) is 4.79 Å². The molecule has 0 fully saturated rings. The SMILES string of the molecule is CC(C)NCCCC(=O)NC(CN(C)C)C(C)C. The molecular formula is C14H31N3O. The predicted molar refractivity (Wildman–Crippen MR) is 77.7 cm³/mol. The number of carbonyl (C=O) groups excluding carboxylic acids is 1. The van der Waals surface area contributed by atoms with Crippen molar-refractivity contribution in [1.29, 1.82) is 0 Å². The van der Waals surface area contributed by atoms with E-state index in [0.717, 1.165) is 19.5 Å². The Labute approximate surface area is 113 Å². The Balaban J connectivity index is 3.88. The molecule has 2 N–H and O–H groups in total. The molecule has 4 heteroatoms. The zero-order valence-corrected chi connectivity index (χ0v) is 12.9. The highest BCUT2D eigenvalue weighted by molar-refractivity contribution is 5.76. The molecule has 1 atom stereocenters. The number of nitrogens with zero attached hydrogens (tertiary/aromatic N) is 1. The van der Waals surface area contributed by atoms with E-state index in [1.165, 1.54) is 0 Å². The monoisotopic (exact) mass is 257 g/mol. The molecule has 0 bridgehead atoms. The Kier molecular flexibility index (Phi) is 9.02. The molecule has 0 heterocycles. The molecule has 0 aromatic heterocycles. The fourth-order valence-electron chi connectivity index (χ4n) is 1.74. The summed E-state index contributed by atoms with van der Waals surface area (Å²) in [5.74, 6) is 0.631. The van der Waals surface area contributed by atoms with Crippen LogP contribution in [0, 0.1) is 5.92 Å². The lowest BCUT2D eigenvalue weighted by Crippen LogP contribution is -2.45. The second-order valence-corrected chi connectivity index (χ2v) is 5.89. The average Bonchev–Trinajstić information content (AvgIpc) is 2.22. The van der Waals surface area contributed by atoms with Gasteiger partial charge in [-0.1, -0.05) is 27.7 Å². The van der Waals surface area contributed by atoms with Crippen molar-refractivity contribution in [2.24, 2.45) is 5.92 Å². The number of rotatable bonds is 9. The van der Waals surface area contributed by atoms with E-state index in [1.807, 2.05) is 14.1 Å². The summed E-state index contributed by atoms with van der Waals surface area (Å²) in [6, 6.07) is 0.732. The van der Waals surface area contributed by atoms with Crippen LogP contribution in [0.1, 0.15) is 40.5 Å². The number of carbonyl (C=O) groups is 1. The topological polar surface area (TPSA) is 44.4 Å². The lowest BCUT2D eigenvalue weighted by atomic mass is 10.0. The highest BCUT2D eigenvalue weighted by Gasteiger charge is 2.16. The Bertz CT molecular complexity index is 227. The Morgan fingerprint density at radius 1 is 1.17 bits per heavy atom. The van der Waals surface area contributed by atoms with Crippen LogP contribution in [0.15, 0.2) is 0 Å². The maximum absolute atomic E-state index is 11.8. The zero-order chi connectivity index (χ0) is 14.1. The van der Waals surface area contributed by atoms with E-state index in [0.29, 0.717) is 18.4 Å². The summed E-state index contributed by atoms with van der Waals surface area (Å²) in [5, 5.41) is 6.45. The van der Waals surface area contributed by atoms with Crippen LogP contribution < -0.4 is 10.6 Å². The van der Waals surface area contributed by atoms with Crippen molar-refractivity contribution >= 4 is 5.91 Å². The third kappa shape index (κ3) is 9.42. The minimum Gasteiger partial charge on any atom is -0.352 e. The Morgan fingerprint density at radius 3 is 2.22 bits per heavy atom. The van der Waals surface area contributed by atoms with E-state index in [2.05, 4.69) is 43.2 Å². The van der Waals surface area contributed by atoms with Gasteiger partial charge in [0, 0.05) is 25.0 Å². The van der Waals surface area contributed by atoms with Gasteiger partial charge < -0.3 is 15.5 Å². The quantitative estimate of drug-likeness (QED) is 0.615. The molecule has 0 saturated carbocycles. The predicted octanol–water partition coefficient (Wildman–Crippen LogP) is 1.47. The molecule has 0 radical (unpaired) electrons. The first-order valence-corrected chi connectivity index (χ1v) is 7.00. The number of amides is 1. The first-order valence-electron chi connectivity index (χ1n) is 7.00. The summed E-state index contributed by atoms with van der Waals surface area (Å²) in [7, 11) is 4.07. The zero-order valence-electron chi connectivity index (χ0n) is 12.9. The maximum atomic E-state index is 11.8. The molecule has 0 spiro atoms. The van der Waals surface area contributed by atoms with Gasteiger partial charge in [-0.05, 0) is 33.0 Å². The van der Waals surface area contributed by atoms with Crippen LogP contribution in [0.25, 0.3) is 0 Å². The van der Waals surface area contributed by atoms with E-state index in [1.54, 1.807) is 0 Å². The summed E-state index contributed by atoms with van der Waals surface area (Å²) in [6.07, 6.45) is 1.51. The summed E-state index contributed by atoms with van der Waals surface area (Å²) in [6.45, 7) is 10.3. The molecule has 4 nitrogen and oxygen atoms in total. The Morgan fingerprint density at radius 2 is 1.78 bits per heavy atom. The lowest BCUT2D eigenvalue weighted by Gasteiger charge is -2.25. The molecule has 0 saturated heterocycles. The molecule has 18 heavy (non-hydrogen) atoms. The van der Waals surface area contributed by atoms with Crippen molar-refractivity contribution in [2.75, 3.05) is 27.2 Å². The van der Waals surface area contributed by atoms with Crippen molar-refractivity contribution < 1.29 is 4.79 Å². The fourth-order valence-corrected chi connectivity index (χ4v) is 1.74. The second-order valence-electron chi connectivity index (χ2n) is 5.89. The van der Waals surface area contributed by atoms with Crippen LogP contribution >= 0.6 is 0 Å². The lowest BCUT2D eigenvalue weighted by molar-refractivity contribution is -0.122. The van der Waals surface area contributed by atoms with Crippen molar-refractivity contribution in [3.63, 3.8) is 0 Å². The number of hydrogen-bond donors (Lipinski definition) is 2. The van der Waals surface area contributed by atoms with Crippen molar-refractivity contribution in [2.45, 2.75) is 52.6 Å². The molecular weight excluding hydrogens is 226 g/mol. The van der Waals surface area contributed by atoms with Gasteiger partial charge in [-0.2, -0.15) is 0 Å². The highest BCUT2D eigenvalue weighted by Crippen LogP contribution is 2.03. The molecule has 1 amide bonds. The normalized spacial score (nSPS) is 13.4. The third-order valence-corrected chi connectivity index (χ3v) is 2.85. The first-order chi connectivity index (χ1) is 8.32. The minimum atomic E-state index is 0.168. The molecule has 1 unspecified atom stereocenters. The van der Waals surface area contributed by atoms with E-state index < -0.39 is 0 Å². The van der Waals surface area contributed by atoms with Crippen molar-refractivity contribution in [3.8, 4) is 0 Å². The van der Waals surface area contributed by atoms with Crippen LogP contribution in [0.2, 0.25) is 0 Å². The van der Waals surface area contributed by atoms with Crippen molar-refractivity contribution in [3.05, 3.63) is 0 Å². The molecule has 0 aromatic rings. The van der Waals surface area contributed by atoms with Gasteiger partial charge in [0.05, 0.1) is 0 Å². The largest absolute Gasteiger partial charge is 0.352 e. The summed E-state index contributed by atoms with van der Waals surface area (Å²) >= 11 is 0. The fraction of sp³-hybridized carbons (Fsp3) is 0.929.